The molecule has 0 aliphatic carbocycles. The summed E-state index contributed by atoms with van der Waals surface area (Å²) in [6.45, 7) is 3.93. The second kappa shape index (κ2) is 8.31. The van der Waals surface area contributed by atoms with Gasteiger partial charge in [0.2, 0.25) is 5.91 Å². The third-order valence-electron chi connectivity index (χ3n) is 5.34. The van der Waals surface area contributed by atoms with Gasteiger partial charge in [0, 0.05) is 12.7 Å². The first-order chi connectivity index (χ1) is 13.6. The van der Waals surface area contributed by atoms with Crippen LogP contribution >= 0.6 is 11.8 Å². The molecule has 2 fully saturated rings. The molecule has 1 aromatic heterocycles. The molecule has 0 bridgehead atoms. The molecule has 150 valence electrons. The van der Waals surface area contributed by atoms with E-state index < -0.39 is 10.0 Å². The smallest absolute Gasteiger partial charge is 0.267 e. The molecule has 0 saturated carbocycles. The van der Waals surface area contributed by atoms with Gasteiger partial charge in [0.25, 0.3) is 10.0 Å². The van der Waals surface area contributed by atoms with E-state index in [0.29, 0.717) is 18.0 Å². The predicted molar refractivity (Wildman–Crippen MR) is 111 cm³/mol. The van der Waals surface area contributed by atoms with Crippen molar-refractivity contribution in [3.05, 3.63) is 54.4 Å². The van der Waals surface area contributed by atoms with Crippen molar-refractivity contribution in [2.75, 3.05) is 31.9 Å². The largest absolute Gasteiger partial charge is 0.324 e. The highest BCUT2D eigenvalue weighted by Crippen LogP contribution is 2.39. The Labute approximate surface area is 170 Å². The molecule has 1 unspecified atom stereocenters. The topological polar surface area (TPSA) is 62.6 Å². The number of hydrogen-bond donors (Lipinski definition) is 0. The quantitative estimate of drug-likeness (QED) is 0.691. The van der Waals surface area contributed by atoms with Crippen molar-refractivity contribution in [2.24, 2.45) is 0 Å². The summed E-state index contributed by atoms with van der Waals surface area (Å²) >= 11 is 1.50. The number of rotatable bonds is 7. The van der Waals surface area contributed by atoms with E-state index in [4.69, 9.17) is 0 Å². The van der Waals surface area contributed by atoms with Crippen molar-refractivity contribution in [3.63, 3.8) is 0 Å². The predicted octanol–water partition coefficient (Wildman–Crippen LogP) is 2.79. The first-order valence-corrected chi connectivity index (χ1v) is 12.2. The van der Waals surface area contributed by atoms with Crippen molar-refractivity contribution >= 4 is 27.7 Å². The van der Waals surface area contributed by atoms with Crippen LogP contribution in [-0.4, -0.2) is 60.0 Å². The molecule has 0 radical (unpaired) electrons. The monoisotopic (exact) mass is 419 g/mol. The summed E-state index contributed by atoms with van der Waals surface area (Å²) < 4.78 is 27.5. The van der Waals surface area contributed by atoms with Gasteiger partial charge in [-0.1, -0.05) is 18.2 Å². The van der Waals surface area contributed by atoms with Crippen LogP contribution in [0.2, 0.25) is 0 Å². The molecule has 0 spiro atoms. The molecule has 2 aromatic rings. The molecule has 1 atom stereocenters. The molecule has 1 amide bonds. The first kappa shape index (κ1) is 19.5. The molecule has 3 heterocycles. The fraction of sp³-hybridized carbons (Fsp3) is 0.450. The van der Waals surface area contributed by atoms with Crippen LogP contribution in [0.4, 0.5) is 0 Å². The van der Waals surface area contributed by atoms with Gasteiger partial charge >= 0.3 is 0 Å². The third-order valence-corrected chi connectivity index (χ3v) is 8.28. The Balaban J connectivity index is 1.53. The van der Waals surface area contributed by atoms with Crippen LogP contribution in [0.15, 0.2) is 53.6 Å². The Morgan fingerprint density at radius 1 is 1.00 bits per heavy atom. The number of thioether (sulfide) groups is 1. The SMILES string of the molecule is O=C1CSC(c2cccn2S(=O)(=O)c2ccccc2)N1CCCN1CCCC1. The molecule has 0 N–H and O–H groups in total. The number of nitrogens with zero attached hydrogens (tertiary/aromatic N) is 3. The molecule has 2 aliphatic rings. The van der Waals surface area contributed by atoms with Crippen LogP contribution < -0.4 is 0 Å². The van der Waals surface area contributed by atoms with Crippen LogP contribution in [0.3, 0.4) is 0 Å². The molecule has 2 saturated heterocycles. The lowest BCUT2D eigenvalue weighted by molar-refractivity contribution is -0.128. The van der Waals surface area contributed by atoms with Crippen LogP contribution in [0, 0.1) is 0 Å². The number of carbonyl (C=O) groups is 1. The van der Waals surface area contributed by atoms with E-state index in [1.807, 2.05) is 11.0 Å². The summed E-state index contributed by atoms with van der Waals surface area (Å²) in [7, 11) is -3.68. The highest BCUT2D eigenvalue weighted by atomic mass is 32.2. The molecule has 1 aromatic carbocycles. The van der Waals surface area contributed by atoms with Gasteiger partial charge in [0.1, 0.15) is 5.37 Å². The van der Waals surface area contributed by atoms with Crippen molar-refractivity contribution in [2.45, 2.75) is 29.5 Å². The minimum Gasteiger partial charge on any atom is -0.324 e. The average molecular weight is 420 g/mol. The van der Waals surface area contributed by atoms with Gasteiger partial charge in [0.15, 0.2) is 0 Å². The molecular formula is C20H25N3O3S2. The highest BCUT2D eigenvalue weighted by molar-refractivity contribution is 8.00. The number of likely N-dealkylation sites (tertiary alicyclic amines) is 1. The first-order valence-electron chi connectivity index (χ1n) is 9.69. The Hall–Kier alpha value is -1.77. The third kappa shape index (κ3) is 3.86. The fourth-order valence-corrected chi connectivity index (χ4v) is 6.60. The highest BCUT2D eigenvalue weighted by Gasteiger charge is 2.36. The van der Waals surface area contributed by atoms with Gasteiger partial charge in [-0.15, -0.1) is 11.8 Å². The summed E-state index contributed by atoms with van der Waals surface area (Å²) in [5.74, 6) is 0.478. The second-order valence-electron chi connectivity index (χ2n) is 7.20. The number of amides is 1. The van der Waals surface area contributed by atoms with Crippen LogP contribution in [0.5, 0.6) is 0 Å². The summed E-state index contributed by atoms with van der Waals surface area (Å²) in [5.41, 5.74) is 0.640. The summed E-state index contributed by atoms with van der Waals surface area (Å²) in [4.78, 5) is 17.0. The Bertz CT molecular complexity index is 921. The van der Waals surface area contributed by atoms with Gasteiger partial charge in [0.05, 0.1) is 16.3 Å². The van der Waals surface area contributed by atoms with Gasteiger partial charge in [-0.3, -0.25) is 4.79 Å². The Morgan fingerprint density at radius 3 is 2.50 bits per heavy atom. The van der Waals surface area contributed by atoms with Crippen molar-refractivity contribution in [3.8, 4) is 0 Å². The van der Waals surface area contributed by atoms with Crippen LogP contribution in [0.25, 0.3) is 0 Å². The van der Waals surface area contributed by atoms with Crippen molar-refractivity contribution in [1.29, 1.82) is 0 Å². The maximum absolute atomic E-state index is 13.1. The molecule has 4 rings (SSSR count). The van der Waals surface area contributed by atoms with E-state index in [1.54, 1.807) is 42.6 Å². The summed E-state index contributed by atoms with van der Waals surface area (Å²) in [5, 5.41) is -0.264. The minimum absolute atomic E-state index is 0.0845. The summed E-state index contributed by atoms with van der Waals surface area (Å²) in [6, 6.07) is 12.0. The Kier molecular flexibility index (Phi) is 5.80. The van der Waals surface area contributed by atoms with Gasteiger partial charge in [-0.05, 0) is 63.2 Å². The maximum atomic E-state index is 13.1. The van der Waals surface area contributed by atoms with E-state index in [0.717, 1.165) is 26.1 Å². The van der Waals surface area contributed by atoms with Gasteiger partial charge < -0.3 is 9.80 Å². The Morgan fingerprint density at radius 2 is 1.75 bits per heavy atom. The maximum Gasteiger partial charge on any atom is 0.267 e. The number of aromatic nitrogens is 1. The van der Waals surface area contributed by atoms with E-state index in [1.165, 1.54) is 28.6 Å². The number of benzene rings is 1. The normalized spacial score (nSPS) is 20.9. The van der Waals surface area contributed by atoms with E-state index >= 15 is 0 Å². The molecule has 8 heteroatoms. The second-order valence-corrected chi connectivity index (χ2v) is 10.1. The fourth-order valence-electron chi connectivity index (χ4n) is 3.91. The van der Waals surface area contributed by atoms with Gasteiger partial charge in [-0.25, -0.2) is 12.4 Å². The van der Waals surface area contributed by atoms with E-state index in [9.17, 15) is 13.2 Å². The van der Waals surface area contributed by atoms with Crippen LogP contribution in [-0.2, 0) is 14.8 Å². The zero-order valence-corrected chi connectivity index (χ0v) is 17.4. The standard InChI is InChI=1S/C20H25N3O3S2/c24-19-16-27-20(22(19)14-7-13-21-11-4-5-12-21)18-10-6-15-23(18)28(25,26)17-8-2-1-3-9-17/h1-3,6,8-10,15,20H,4-5,7,11-14,16H2. The lowest BCUT2D eigenvalue weighted by Gasteiger charge is -2.26. The van der Waals surface area contributed by atoms with Crippen molar-refractivity contribution in [1.82, 2.24) is 13.8 Å². The average Bonchev–Trinajstić information content (AvgIpc) is 3.44. The van der Waals surface area contributed by atoms with Crippen molar-refractivity contribution < 1.29 is 13.2 Å². The van der Waals surface area contributed by atoms with Crippen LogP contribution in [0.1, 0.15) is 30.3 Å². The zero-order chi connectivity index (χ0) is 19.6. The van der Waals surface area contributed by atoms with E-state index in [-0.39, 0.29) is 16.2 Å². The summed E-state index contributed by atoms with van der Waals surface area (Å²) in [6.07, 6.45) is 5.00. The van der Waals surface area contributed by atoms with E-state index in [2.05, 4.69) is 4.90 Å². The number of carbonyl (C=O) groups excluding carboxylic acids is 1. The van der Waals surface area contributed by atoms with Gasteiger partial charge in [-0.2, -0.15) is 0 Å². The lowest BCUT2D eigenvalue weighted by Crippen LogP contribution is -2.33. The molecule has 2 aliphatic heterocycles. The zero-order valence-electron chi connectivity index (χ0n) is 15.7. The lowest BCUT2D eigenvalue weighted by atomic mass is 10.3. The minimum atomic E-state index is -3.68. The number of hydrogen-bond acceptors (Lipinski definition) is 5. The molecular weight excluding hydrogens is 394 g/mol. The molecule has 6 nitrogen and oxygen atoms in total. The molecule has 28 heavy (non-hydrogen) atoms.